The Balaban J connectivity index is 1.84. The van der Waals surface area contributed by atoms with E-state index < -0.39 is 0 Å². The lowest BCUT2D eigenvalue weighted by Crippen LogP contribution is -2.20. The van der Waals surface area contributed by atoms with Gasteiger partial charge in [-0.3, -0.25) is 0 Å². The molecule has 2 rings (SSSR count). The quantitative estimate of drug-likeness (QED) is 0.707. The van der Waals surface area contributed by atoms with Crippen LogP contribution in [0, 0.1) is 12.8 Å². The van der Waals surface area contributed by atoms with Crippen LogP contribution in [-0.2, 0) is 0 Å². The highest BCUT2D eigenvalue weighted by molar-refractivity contribution is 5.25. The van der Waals surface area contributed by atoms with E-state index in [1.165, 1.54) is 19.3 Å². The highest BCUT2D eigenvalue weighted by Crippen LogP contribution is 2.32. The zero-order chi connectivity index (χ0) is 9.26. The lowest BCUT2D eigenvalue weighted by Gasteiger charge is -2.12. The molecule has 0 saturated heterocycles. The van der Waals surface area contributed by atoms with E-state index in [2.05, 4.69) is 15.0 Å². The SMILES string of the molecule is Cc1nc(N(C)CCC2CC2)no1. The van der Waals surface area contributed by atoms with Gasteiger partial charge in [-0.1, -0.05) is 12.8 Å². The van der Waals surface area contributed by atoms with Crippen LogP contribution in [0.25, 0.3) is 0 Å². The van der Waals surface area contributed by atoms with Crippen LogP contribution in [0.15, 0.2) is 4.52 Å². The van der Waals surface area contributed by atoms with Gasteiger partial charge in [0.2, 0.25) is 5.89 Å². The molecule has 1 saturated carbocycles. The van der Waals surface area contributed by atoms with Gasteiger partial charge in [0.05, 0.1) is 0 Å². The first kappa shape index (κ1) is 8.53. The average Bonchev–Trinajstić information content (AvgIpc) is 2.84. The van der Waals surface area contributed by atoms with Gasteiger partial charge in [0, 0.05) is 20.5 Å². The van der Waals surface area contributed by atoms with Crippen molar-refractivity contribution in [3.05, 3.63) is 5.89 Å². The van der Waals surface area contributed by atoms with Gasteiger partial charge in [0.25, 0.3) is 5.95 Å². The summed E-state index contributed by atoms with van der Waals surface area (Å²) in [5.41, 5.74) is 0. The molecule has 0 aromatic carbocycles. The van der Waals surface area contributed by atoms with Crippen LogP contribution in [0.5, 0.6) is 0 Å². The zero-order valence-electron chi connectivity index (χ0n) is 8.16. The van der Waals surface area contributed by atoms with Gasteiger partial charge in [-0.05, 0) is 17.5 Å². The molecular formula is C9H15N3O. The summed E-state index contributed by atoms with van der Waals surface area (Å²) in [5, 5.41) is 3.85. The Morgan fingerprint density at radius 1 is 1.54 bits per heavy atom. The molecule has 13 heavy (non-hydrogen) atoms. The van der Waals surface area contributed by atoms with Crippen molar-refractivity contribution in [3.8, 4) is 0 Å². The number of nitrogens with zero attached hydrogens (tertiary/aromatic N) is 3. The predicted octanol–water partition coefficient (Wildman–Crippen LogP) is 1.61. The Kier molecular flexibility index (Phi) is 2.20. The van der Waals surface area contributed by atoms with Gasteiger partial charge in [0.15, 0.2) is 0 Å². The maximum absolute atomic E-state index is 4.91. The average molecular weight is 181 g/mol. The Bertz CT molecular complexity index is 280. The van der Waals surface area contributed by atoms with Gasteiger partial charge < -0.3 is 9.42 Å². The second-order valence-corrected chi connectivity index (χ2v) is 3.77. The molecule has 1 aromatic rings. The summed E-state index contributed by atoms with van der Waals surface area (Å²) < 4.78 is 4.91. The number of rotatable bonds is 4. The lowest BCUT2D eigenvalue weighted by atomic mass is 10.3. The van der Waals surface area contributed by atoms with Crippen molar-refractivity contribution in [1.29, 1.82) is 0 Å². The summed E-state index contributed by atoms with van der Waals surface area (Å²) in [6, 6.07) is 0. The van der Waals surface area contributed by atoms with E-state index in [9.17, 15) is 0 Å². The van der Waals surface area contributed by atoms with E-state index in [1.807, 2.05) is 14.0 Å². The summed E-state index contributed by atoms with van der Waals surface area (Å²) in [7, 11) is 2.01. The fourth-order valence-corrected chi connectivity index (χ4v) is 1.33. The minimum atomic E-state index is 0.633. The number of hydrogen-bond donors (Lipinski definition) is 0. The van der Waals surface area contributed by atoms with Crippen molar-refractivity contribution in [1.82, 2.24) is 10.1 Å². The summed E-state index contributed by atoms with van der Waals surface area (Å²) in [6.45, 7) is 2.84. The first-order valence-electron chi connectivity index (χ1n) is 4.77. The monoisotopic (exact) mass is 181 g/mol. The van der Waals surface area contributed by atoms with Crippen molar-refractivity contribution in [3.63, 3.8) is 0 Å². The number of aromatic nitrogens is 2. The fraction of sp³-hybridized carbons (Fsp3) is 0.778. The maximum Gasteiger partial charge on any atom is 0.265 e. The molecule has 1 aliphatic carbocycles. The topological polar surface area (TPSA) is 42.2 Å². The Morgan fingerprint density at radius 2 is 2.31 bits per heavy atom. The maximum atomic E-state index is 4.91. The van der Waals surface area contributed by atoms with Crippen LogP contribution in [-0.4, -0.2) is 23.7 Å². The van der Waals surface area contributed by atoms with Crippen molar-refractivity contribution in [2.24, 2.45) is 5.92 Å². The largest absolute Gasteiger partial charge is 0.341 e. The van der Waals surface area contributed by atoms with E-state index in [0.29, 0.717) is 11.8 Å². The molecular weight excluding hydrogens is 166 g/mol. The number of anilines is 1. The zero-order valence-corrected chi connectivity index (χ0v) is 8.16. The van der Waals surface area contributed by atoms with Crippen molar-refractivity contribution in [2.45, 2.75) is 26.2 Å². The molecule has 4 heteroatoms. The summed E-state index contributed by atoms with van der Waals surface area (Å²) in [5.74, 6) is 2.29. The third kappa shape index (κ3) is 2.20. The predicted molar refractivity (Wildman–Crippen MR) is 49.6 cm³/mol. The van der Waals surface area contributed by atoms with Crippen LogP contribution in [0.2, 0.25) is 0 Å². The van der Waals surface area contributed by atoms with E-state index >= 15 is 0 Å². The van der Waals surface area contributed by atoms with Crippen LogP contribution >= 0.6 is 0 Å². The van der Waals surface area contributed by atoms with Gasteiger partial charge in [-0.2, -0.15) is 4.98 Å². The second-order valence-electron chi connectivity index (χ2n) is 3.77. The minimum absolute atomic E-state index is 0.633. The minimum Gasteiger partial charge on any atom is -0.341 e. The molecule has 0 aliphatic heterocycles. The molecule has 1 aromatic heterocycles. The molecule has 0 bridgehead atoms. The van der Waals surface area contributed by atoms with Gasteiger partial charge >= 0.3 is 0 Å². The fourth-order valence-electron chi connectivity index (χ4n) is 1.33. The Labute approximate surface area is 77.9 Å². The summed E-state index contributed by atoms with van der Waals surface area (Å²) in [4.78, 5) is 6.21. The standard InChI is InChI=1S/C9H15N3O/c1-7-10-9(11-13-7)12(2)6-5-8-3-4-8/h8H,3-6H2,1-2H3. The molecule has 0 N–H and O–H groups in total. The lowest BCUT2D eigenvalue weighted by molar-refractivity contribution is 0.392. The third-order valence-electron chi connectivity index (χ3n) is 2.43. The molecule has 0 atom stereocenters. The highest BCUT2D eigenvalue weighted by atomic mass is 16.5. The van der Waals surface area contributed by atoms with Gasteiger partial charge in [-0.15, -0.1) is 0 Å². The van der Waals surface area contributed by atoms with E-state index in [4.69, 9.17) is 4.52 Å². The Hall–Kier alpha value is -1.06. The van der Waals surface area contributed by atoms with Gasteiger partial charge in [0.1, 0.15) is 0 Å². The van der Waals surface area contributed by atoms with Gasteiger partial charge in [-0.25, -0.2) is 0 Å². The molecule has 1 aliphatic rings. The highest BCUT2D eigenvalue weighted by Gasteiger charge is 2.21. The smallest absolute Gasteiger partial charge is 0.265 e. The molecule has 0 spiro atoms. The van der Waals surface area contributed by atoms with Crippen LogP contribution < -0.4 is 4.90 Å². The van der Waals surface area contributed by atoms with Crippen molar-refractivity contribution >= 4 is 5.95 Å². The van der Waals surface area contributed by atoms with Crippen molar-refractivity contribution in [2.75, 3.05) is 18.5 Å². The molecule has 1 fully saturated rings. The van der Waals surface area contributed by atoms with Crippen molar-refractivity contribution < 1.29 is 4.52 Å². The van der Waals surface area contributed by atoms with Crippen LogP contribution in [0.1, 0.15) is 25.2 Å². The van der Waals surface area contributed by atoms with Crippen LogP contribution in [0.4, 0.5) is 5.95 Å². The second kappa shape index (κ2) is 3.36. The normalized spacial score (nSPS) is 16.2. The third-order valence-corrected chi connectivity index (χ3v) is 2.43. The molecule has 1 heterocycles. The van der Waals surface area contributed by atoms with Crippen LogP contribution in [0.3, 0.4) is 0 Å². The molecule has 0 radical (unpaired) electrons. The molecule has 0 unspecified atom stereocenters. The number of aryl methyl sites for hydroxylation is 1. The molecule has 0 amide bonds. The van der Waals surface area contributed by atoms with E-state index in [1.54, 1.807) is 0 Å². The summed E-state index contributed by atoms with van der Waals surface area (Å²) >= 11 is 0. The Morgan fingerprint density at radius 3 is 2.85 bits per heavy atom. The molecule has 4 nitrogen and oxygen atoms in total. The molecule has 72 valence electrons. The number of hydrogen-bond acceptors (Lipinski definition) is 4. The first-order chi connectivity index (χ1) is 6.25. The summed E-state index contributed by atoms with van der Waals surface area (Å²) in [6.07, 6.45) is 4.06. The van der Waals surface area contributed by atoms with E-state index in [-0.39, 0.29) is 0 Å². The first-order valence-corrected chi connectivity index (χ1v) is 4.77. The van der Waals surface area contributed by atoms with E-state index in [0.717, 1.165) is 12.5 Å².